The van der Waals surface area contributed by atoms with Gasteiger partial charge in [0.05, 0.1) is 6.10 Å². The lowest BCUT2D eigenvalue weighted by Gasteiger charge is -2.34. The van der Waals surface area contributed by atoms with Gasteiger partial charge in [-0.25, -0.2) is 0 Å². The Morgan fingerprint density at radius 1 is 1.50 bits per heavy atom. The van der Waals surface area contributed by atoms with Crippen molar-refractivity contribution >= 4 is 27.3 Å². The van der Waals surface area contributed by atoms with Crippen LogP contribution < -0.4 is 0 Å². The van der Waals surface area contributed by atoms with Crippen LogP contribution >= 0.6 is 27.3 Å². The molecule has 1 fully saturated rings. The zero-order valence-corrected chi connectivity index (χ0v) is 13.5. The van der Waals surface area contributed by atoms with Crippen LogP contribution in [0.3, 0.4) is 0 Å². The second kappa shape index (κ2) is 6.51. The summed E-state index contributed by atoms with van der Waals surface area (Å²) in [6.45, 7) is 4.28. The summed E-state index contributed by atoms with van der Waals surface area (Å²) in [4.78, 5) is 3.72. The lowest BCUT2D eigenvalue weighted by Crippen LogP contribution is -2.36. The van der Waals surface area contributed by atoms with E-state index in [-0.39, 0.29) is 6.10 Å². The molecule has 2 rings (SSSR count). The van der Waals surface area contributed by atoms with Crippen molar-refractivity contribution in [3.8, 4) is 0 Å². The smallest absolute Gasteiger partial charge is 0.0580 e. The van der Waals surface area contributed by atoms with Crippen molar-refractivity contribution in [2.45, 2.75) is 38.8 Å². The predicted molar refractivity (Wildman–Crippen MR) is 80.9 cm³/mol. The molecular formula is C14H22BrNOS. The van der Waals surface area contributed by atoms with E-state index >= 15 is 0 Å². The standard InChI is InChI=1S/C14H22BrNOS/c1-10-3-4-14(17)11(5-10)7-16(2)8-13-6-12(15)9-18-13/h6,9-11,14,17H,3-5,7-8H2,1-2H3. The summed E-state index contributed by atoms with van der Waals surface area (Å²) in [5.74, 6) is 1.21. The molecule has 0 saturated heterocycles. The molecule has 102 valence electrons. The van der Waals surface area contributed by atoms with E-state index < -0.39 is 0 Å². The van der Waals surface area contributed by atoms with Crippen molar-refractivity contribution in [1.29, 1.82) is 0 Å². The van der Waals surface area contributed by atoms with Gasteiger partial charge in [0.25, 0.3) is 0 Å². The Morgan fingerprint density at radius 3 is 2.94 bits per heavy atom. The third-order valence-corrected chi connectivity index (χ3v) is 5.48. The van der Waals surface area contributed by atoms with E-state index in [0.29, 0.717) is 5.92 Å². The molecular weight excluding hydrogens is 310 g/mol. The Morgan fingerprint density at radius 2 is 2.28 bits per heavy atom. The van der Waals surface area contributed by atoms with Crippen LogP contribution in [0.2, 0.25) is 0 Å². The van der Waals surface area contributed by atoms with E-state index in [1.807, 2.05) is 0 Å². The first-order chi connectivity index (χ1) is 8.54. The molecule has 1 aliphatic carbocycles. The van der Waals surface area contributed by atoms with E-state index in [1.165, 1.54) is 22.2 Å². The molecule has 4 heteroatoms. The monoisotopic (exact) mass is 331 g/mol. The minimum atomic E-state index is -0.0984. The number of hydrogen-bond acceptors (Lipinski definition) is 3. The minimum Gasteiger partial charge on any atom is -0.393 e. The number of aliphatic hydroxyl groups excluding tert-OH is 1. The summed E-state index contributed by atoms with van der Waals surface area (Å²) in [7, 11) is 2.15. The zero-order valence-electron chi connectivity index (χ0n) is 11.1. The Bertz CT molecular complexity index is 382. The molecule has 0 amide bonds. The van der Waals surface area contributed by atoms with E-state index in [0.717, 1.165) is 25.4 Å². The van der Waals surface area contributed by atoms with Crippen molar-refractivity contribution in [1.82, 2.24) is 4.90 Å². The molecule has 0 bridgehead atoms. The molecule has 1 aromatic heterocycles. The van der Waals surface area contributed by atoms with Gasteiger partial charge in [0.2, 0.25) is 0 Å². The molecule has 0 spiro atoms. The Balaban J connectivity index is 1.84. The third kappa shape index (κ3) is 4.05. The minimum absolute atomic E-state index is 0.0984. The molecule has 0 radical (unpaired) electrons. The van der Waals surface area contributed by atoms with Crippen LogP contribution in [-0.4, -0.2) is 29.7 Å². The zero-order chi connectivity index (χ0) is 13.1. The van der Waals surface area contributed by atoms with Gasteiger partial charge < -0.3 is 10.0 Å². The van der Waals surface area contributed by atoms with Gasteiger partial charge >= 0.3 is 0 Å². The molecule has 0 aromatic carbocycles. The van der Waals surface area contributed by atoms with E-state index in [9.17, 15) is 5.11 Å². The Labute approximate surface area is 122 Å². The van der Waals surface area contributed by atoms with Crippen LogP contribution in [0.15, 0.2) is 15.9 Å². The van der Waals surface area contributed by atoms with Gasteiger partial charge in [-0.2, -0.15) is 0 Å². The molecule has 18 heavy (non-hydrogen) atoms. The lowest BCUT2D eigenvalue weighted by atomic mass is 9.80. The first-order valence-corrected chi connectivity index (χ1v) is 8.31. The summed E-state index contributed by atoms with van der Waals surface area (Å²) in [5.41, 5.74) is 0. The fourth-order valence-corrected chi connectivity index (χ4v) is 4.38. The quantitative estimate of drug-likeness (QED) is 0.908. The van der Waals surface area contributed by atoms with E-state index in [4.69, 9.17) is 0 Å². The summed E-state index contributed by atoms with van der Waals surface area (Å²) in [5, 5.41) is 12.2. The molecule has 1 aliphatic rings. The normalized spacial score (nSPS) is 28.8. The summed E-state index contributed by atoms with van der Waals surface area (Å²) in [6, 6.07) is 2.18. The van der Waals surface area contributed by atoms with Crippen LogP contribution in [0.4, 0.5) is 0 Å². The van der Waals surface area contributed by atoms with E-state index in [1.54, 1.807) is 11.3 Å². The summed E-state index contributed by atoms with van der Waals surface area (Å²) >= 11 is 5.28. The SMILES string of the molecule is CC1CCC(O)C(CN(C)Cc2cc(Br)cs2)C1. The maximum atomic E-state index is 10.1. The Kier molecular flexibility index (Phi) is 5.24. The van der Waals surface area contributed by atoms with Gasteiger partial charge in [-0.3, -0.25) is 0 Å². The van der Waals surface area contributed by atoms with Crippen molar-refractivity contribution in [2.24, 2.45) is 11.8 Å². The molecule has 2 nitrogen and oxygen atoms in total. The van der Waals surface area contributed by atoms with Crippen LogP contribution in [-0.2, 0) is 6.54 Å². The summed E-state index contributed by atoms with van der Waals surface area (Å²) < 4.78 is 1.17. The van der Waals surface area contributed by atoms with Crippen LogP contribution in [0.25, 0.3) is 0 Å². The fraction of sp³-hybridized carbons (Fsp3) is 0.714. The highest BCUT2D eigenvalue weighted by atomic mass is 79.9. The second-order valence-corrected chi connectivity index (χ2v) is 7.59. The molecule has 1 heterocycles. The number of thiophene rings is 1. The van der Waals surface area contributed by atoms with E-state index in [2.05, 4.69) is 46.2 Å². The highest BCUT2D eigenvalue weighted by molar-refractivity contribution is 9.10. The van der Waals surface area contributed by atoms with Gasteiger partial charge in [0.1, 0.15) is 0 Å². The van der Waals surface area contributed by atoms with Crippen molar-refractivity contribution in [3.63, 3.8) is 0 Å². The van der Waals surface area contributed by atoms with Crippen molar-refractivity contribution in [2.75, 3.05) is 13.6 Å². The maximum Gasteiger partial charge on any atom is 0.0580 e. The number of aliphatic hydroxyl groups is 1. The molecule has 1 saturated carbocycles. The molecule has 0 aliphatic heterocycles. The van der Waals surface area contributed by atoms with Crippen molar-refractivity contribution in [3.05, 3.63) is 20.8 Å². The van der Waals surface area contributed by atoms with Gasteiger partial charge in [-0.1, -0.05) is 6.92 Å². The molecule has 3 unspecified atom stereocenters. The highest BCUT2D eigenvalue weighted by Crippen LogP contribution is 2.30. The number of hydrogen-bond donors (Lipinski definition) is 1. The molecule has 1 N–H and O–H groups in total. The fourth-order valence-electron chi connectivity index (χ4n) is 2.85. The topological polar surface area (TPSA) is 23.5 Å². The first-order valence-electron chi connectivity index (χ1n) is 6.64. The number of rotatable bonds is 4. The molecule has 1 aromatic rings. The van der Waals surface area contributed by atoms with Gasteiger partial charge in [0.15, 0.2) is 0 Å². The Hall–Kier alpha value is 0.1000. The van der Waals surface area contributed by atoms with Crippen LogP contribution in [0.1, 0.15) is 31.1 Å². The predicted octanol–water partition coefficient (Wildman–Crippen LogP) is 3.74. The van der Waals surface area contributed by atoms with Gasteiger partial charge in [-0.15, -0.1) is 11.3 Å². The highest BCUT2D eigenvalue weighted by Gasteiger charge is 2.27. The van der Waals surface area contributed by atoms with Crippen LogP contribution in [0.5, 0.6) is 0 Å². The van der Waals surface area contributed by atoms with Gasteiger partial charge in [-0.05, 0) is 60.1 Å². The average molecular weight is 332 g/mol. The summed E-state index contributed by atoms with van der Waals surface area (Å²) in [6.07, 6.45) is 3.22. The largest absolute Gasteiger partial charge is 0.393 e. The number of halogens is 1. The first kappa shape index (κ1) is 14.5. The molecule has 3 atom stereocenters. The lowest BCUT2D eigenvalue weighted by molar-refractivity contribution is 0.0339. The van der Waals surface area contributed by atoms with Gasteiger partial charge in [0, 0.05) is 27.8 Å². The second-order valence-electron chi connectivity index (χ2n) is 5.67. The average Bonchev–Trinajstić information content (AvgIpc) is 2.69. The maximum absolute atomic E-state index is 10.1. The number of nitrogens with zero attached hydrogens (tertiary/aromatic N) is 1. The van der Waals surface area contributed by atoms with Crippen LogP contribution in [0, 0.1) is 11.8 Å². The van der Waals surface area contributed by atoms with Crippen molar-refractivity contribution < 1.29 is 5.11 Å². The third-order valence-electron chi connectivity index (χ3n) is 3.80.